The molecule has 0 aromatic heterocycles. The van der Waals surface area contributed by atoms with Crippen LogP contribution in [0.15, 0.2) is 0 Å². The summed E-state index contributed by atoms with van der Waals surface area (Å²) in [5.41, 5.74) is 0. The van der Waals surface area contributed by atoms with Gasteiger partial charge < -0.3 is 15.5 Å². The Morgan fingerprint density at radius 3 is 2.17 bits per heavy atom. The lowest BCUT2D eigenvalue weighted by atomic mass is 10.0. The smallest absolute Gasteiger partial charge is 0.234 e. The highest BCUT2D eigenvalue weighted by Gasteiger charge is 2.24. The van der Waals surface area contributed by atoms with Gasteiger partial charge in [-0.3, -0.25) is 14.4 Å². The van der Waals surface area contributed by atoms with Gasteiger partial charge in [0.1, 0.15) is 5.78 Å². The molecule has 2 amide bonds. The van der Waals surface area contributed by atoms with E-state index in [1.54, 1.807) is 0 Å². The third kappa shape index (κ3) is 7.59. The molecule has 1 heterocycles. The zero-order chi connectivity index (χ0) is 17.4. The number of hydrogen-bond acceptors (Lipinski definition) is 4. The number of amides is 2. The van der Waals surface area contributed by atoms with E-state index in [0.717, 1.165) is 12.8 Å². The molecular weight excluding hydrogens is 294 g/mol. The number of likely N-dealkylation sites (tertiary alicyclic amines) is 1. The molecule has 0 aromatic rings. The standard InChI is InChI=1S/C17H31N3O3/c1-12(2)15(21)5-6-17(23)20-9-7-14(8-10-20)19-16(22)11-18-13(3)4/h12-14,18H,5-11H2,1-4H3,(H,19,22). The lowest BCUT2D eigenvalue weighted by Crippen LogP contribution is -2.48. The fourth-order valence-electron chi connectivity index (χ4n) is 2.53. The van der Waals surface area contributed by atoms with Gasteiger partial charge in [-0.25, -0.2) is 0 Å². The van der Waals surface area contributed by atoms with Crippen LogP contribution in [0.2, 0.25) is 0 Å². The van der Waals surface area contributed by atoms with Crippen LogP contribution >= 0.6 is 0 Å². The number of rotatable bonds is 8. The van der Waals surface area contributed by atoms with Crippen molar-refractivity contribution in [3.8, 4) is 0 Å². The number of carbonyl (C=O) groups excluding carboxylic acids is 3. The lowest BCUT2D eigenvalue weighted by molar-refractivity contribution is -0.134. The maximum atomic E-state index is 12.1. The van der Waals surface area contributed by atoms with E-state index in [-0.39, 0.29) is 35.6 Å². The highest BCUT2D eigenvalue weighted by Crippen LogP contribution is 2.13. The summed E-state index contributed by atoms with van der Waals surface area (Å²) in [6, 6.07) is 0.423. The van der Waals surface area contributed by atoms with Crippen LogP contribution in [-0.2, 0) is 14.4 Å². The number of carbonyl (C=O) groups is 3. The second kappa shape index (κ2) is 9.65. The molecule has 0 aliphatic carbocycles. The molecule has 1 aliphatic heterocycles. The first-order chi connectivity index (χ1) is 10.8. The van der Waals surface area contributed by atoms with Gasteiger partial charge in [0.2, 0.25) is 11.8 Å². The topological polar surface area (TPSA) is 78.5 Å². The minimum absolute atomic E-state index is 0.00556. The normalized spacial score (nSPS) is 16.0. The third-order valence-electron chi connectivity index (χ3n) is 4.11. The molecule has 0 spiro atoms. The van der Waals surface area contributed by atoms with Crippen LogP contribution in [0, 0.1) is 5.92 Å². The Balaban J connectivity index is 2.25. The van der Waals surface area contributed by atoms with E-state index in [9.17, 15) is 14.4 Å². The summed E-state index contributed by atoms with van der Waals surface area (Å²) in [4.78, 5) is 37.3. The van der Waals surface area contributed by atoms with Crippen molar-refractivity contribution in [2.45, 2.75) is 65.5 Å². The summed E-state index contributed by atoms with van der Waals surface area (Å²) in [7, 11) is 0. The van der Waals surface area contributed by atoms with Gasteiger partial charge in [0.25, 0.3) is 0 Å². The second-order valence-electron chi connectivity index (χ2n) is 6.88. The summed E-state index contributed by atoms with van der Waals surface area (Å²) in [5, 5.41) is 6.10. The van der Waals surface area contributed by atoms with Crippen molar-refractivity contribution in [3.63, 3.8) is 0 Å². The van der Waals surface area contributed by atoms with Crippen LogP contribution in [0.3, 0.4) is 0 Å². The van der Waals surface area contributed by atoms with Crippen LogP contribution in [0.25, 0.3) is 0 Å². The molecule has 6 nitrogen and oxygen atoms in total. The maximum Gasteiger partial charge on any atom is 0.234 e. The monoisotopic (exact) mass is 325 g/mol. The Hall–Kier alpha value is -1.43. The molecule has 0 radical (unpaired) electrons. The number of ketones is 1. The number of hydrogen-bond donors (Lipinski definition) is 2. The molecule has 6 heteroatoms. The molecule has 2 N–H and O–H groups in total. The predicted molar refractivity (Wildman–Crippen MR) is 90.0 cm³/mol. The Morgan fingerprint density at radius 2 is 1.65 bits per heavy atom. The Labute approximate surface area is 139 Å². The molecule has 1 saturated heterocycles. The van der Waals surface area contributed by atoms with Crippen LogP contribution in [-0.4, -0.2) is 54.2 Å². The Morgan fingerprint density at radius 1 is 1.04 bits per heavy atom. The van der Waals surface area contributed by atoms with E-state index < -0.39 is 0 Å². The molecular formula is C17H31N3O3. The molecule has 0 unspecified atom stereocenters. The van der Waals surface area contributed by atoms with Crippen LogP contribution in [0.4, 0.5) is 0 Å². The zero-order valence-corrected chi connectivity index (χ0v) is 14.9. The molecule has 0 bridgehead atoms. The fourth-order valence-corrected chi connectivity index (χ4v) is 2.53. The lowest BCUT2D eigenvalue weighted by Gasteiger charge is -2.32. The zero-order valence-electron chi connectivity index (χ0n) is 14.9. The molecule has 23 heavy (non-hydrogen) atoms. The SMILES string of the molecule is CC(C)NCC(=O)NC1CCN(C(=O)CCC(=O)C(C)C)CC1. The van der Waals surface area contributed by atoms with Gasteiger partial charge >= 0.3 is 0 Å². The molecule has 0 aromatic carbocycles. The molecule has 1 fully saturated rings. The summed E-state index contributed by atoms with van der Waals surface area (Å²) >= 11 is 0. The van der Waals surface area contributed by atoms with Gasteiger partial charge in [-0.15, -0.1) is 0 Å². The molecule has 1 rings (SSSR count). The quantitative estimate of drug-likeness (QED) is 0.700. The van der Waals surface area contributed by atoms with Crippen LogP contribution in [0.5, 0.6) is 0 Å². The number of nitrogens with zero attached hydrogens (tertiary/aromatic N) is 1. The molecule has 0 saturated carbocycles. The first kappa shape index (κ1) is 19.6. The highest BCUT2D eigenvalue weighted by molar-refractivity contribution is 5.86. The van der Waals surface area contributed by atoms with Gasteiger partial charge in [0, 0.05) is 43.9 Å². The predicted octanol–water partition coefficient (Wildman–Crippen LogP) is 1.10. The molecule has 0 atom stereocenters. The fraction of sp³-hybridized carbons (Fsp3) is 0.824. The third-order valence-corrected chi connectivity index (χ3v) is 4.11. The van der Waals surface area contributed by atoms with E-state index in [0.29, 0.717) is 32.5 Å². The van der Waals surface area contributed by atoms with Gasteiger partial charge in [-0.05, 0) is 12.8 Å². The van der Waals surface area contributed by atoms with Crippen molar-refractivity contribution in [2.75, 3.05) is 19.6 Å². The van der Waals surface area contributed by atoms with E-state index in [1.807, 2.05) is 32.6 Å². The van der Waals surface area contributed by atoms with Crippen molar-refractivity contribution in [3.05, 3.63) is 0 Å². The van der Waals surface area contributed by atoms with Gasteiger partial charge in [0.05, 0.1) is 6.54 Å². The van der Waals surface area contributed by atoms with E-state index >= 15 is 0 Å². The van der Waals surface area contributed by atoms with Crippen molar-refractivity contribution in [1.82, 2.24) is 15.5 Å². The van der Waals surface area contributed by atoms with Crippen molar-refractivity contribution in [1.29, 1.82) is 0 Å². The van der Waals surface area contributed by atoms with Crippen molar-refractivity contribution >= 4 is 17.6 Å². The highest BCUT2D eigenvalue weighted by atomic mass is 16.2. The van der Waals surface area contributed by atoms with E-state index in [2.05, 4.69) is 10.6 Å². The Bertz CT molecular complexity index is 413. The van der Waals surface area contributed by atoms with E-state index in [1.165, 1.54) is 0 Å². The van der Waals surface area contributed by atoms with Crippen LogP contribution < -0.4 is 10.6 Å². The van der Waals surface area contributed by atoms with E-state index in [4.69, 9.17) is 0 Å². The first-order valence-corrected chi connectivity index (χ1v) is 8.62. The average molecular weight is 325 g/mol. The van der Waals surface area contributed by atoms with Gasteiger partial charge in [0.15, 0.2) is 0 Å². The largest absolute Gasteiger partial charge is 0.352 e. The van der Waals surface area contributed by atoms with Crippen molar-refractivity contribution < 1.29 is 14.4 Å². The summed E-state index contributed by atoms with van der Waals surface area (Å²) in [6.45, 7) is 9.34. The average Bonchev–Trinajstić information content (AvgIpc) is 2.50. The molecule has 132 valence electrons. The summed E-state index contributed by atoms with van der Waals surface area (Å²) in [5.74, 6) is 0.178. The van der Waals surface area contributed by atoms with Gasteiger partial charge in [-0.1, -0.05) is 27.7 Å². The Kier molecular flexibility index (Phi) is 8.23. The van der Waals surface area contributed by atoms with Crippen LogP contribution in [0.1, 0.15) is 53.4 Å². The van der Waals surface area contributed by atoms with Gasteiger partial charge in [-0.2, -0.15) is 0 Å². The molecule has 1 aliphatic rings. The van der Waals surface area contributed by atoms with Crippen molar-refractivity contribution in [2.24, 2.45) is 5.92 Å². The number of piperidine rings is 1. The minimum atomic E-state index is -0.0109. The number of nitrogens with one attached hydrogen (secondary N) is 2. The number of Topliss-reactive ketones (excluding diaryl/α,β-unsaturated/α-hetero) is 1. The first-order valence-electron chi connectivity index (χ1n) is 8.62. The summed E-state index contributed by atoms with van der Waals surface area (Å²) in [6.07, 6.45) is 2.18. The minimum Gasteiger partial charge on any atom is -0.352 e. The summed E-state index contributed by atoms with van der Waals surface area (Å²) < 4.78 is 0. The maximum absolute atomic E-state index is 12.1. The second-order valence-corrected chi connectivity index (χ2v) is 6.88.